The fraction of sp³-hybridized carbons (Fsp3) is 0.571. The lowest BCUT2D eigenvalue weighted by atomic mass is 10.4. The van der Waals surface area contributed by atoms with Crippen LogP contribution in [0.3, 0.4) is 0 Å². The van der Waals surface area contributed by atoms with Crippen LogP contribution in [0.4, 0.5) is 5.95 Å². The Balaban J connectivity index is 2.34. The number of rotatable bonds is 8. The Labute approximate surface area is 124 Å². The quantitative estimate of drug-likeness (QED) is 0.803. The summed E-state index contributed by atoms with van der Waals surface area (Å²) in [6.45, 7) is 7.57. The lowest BCUT2D eigenvalue weighted by molar-refractivity contribution is 0.291. The van der Waals surface area contributed by atoms with Crippen LogP contribution in [0.1, 0.15) is 39.4 Å². The third kappa shape index (κ3) is 3.90. The van der Waals surface area contributed by atoms with Crippen LogP contribution >= 0.6 is 0 Å². The van der Waals surface area contributed by atoms with Crippen LogP contribution < -0.4 is 10.1 Å². The van der Waals surface area contributed by atoms with Crippen molar-refractivity contribution in [3.63, 3.8) is 0 Å². The molecule has 7 nitrogen and oxygen atoms in total. The van der Waals surface area contributed by atoms with Crippen LogP contribution in [0.25, 0.3) is 5.95 Å². The van der Waals surface area contributed by atoms with Crippen LogP contribution in [-0.4, -0.2) is 37.7 Å². The lowest BCUT2D eigenvalue weighted by Crippen LogP contribution is -2.12. The molecule has 2 rings (SSSR count). The van der Waals surface area contributed by atoms with Gasteiger partial charge < -0.3 is 10.1 Å². The molecule has 0 spiro atoms. The van der Waals surface area contributed by atoms with Gasteiger partial charge in [0.05, 0.1) is 6.61 Å². The minimum absolute atomic E-state index is 0.344. The number of anilines is 1. The molecule has 0 aliphatic heterocycles. The highest BCUT2D eigenvalue weighted by Gasteiger charge is 2.11. The summed E-state index contributed by atoms with van der Waals surface area (Å²) < 4.78 is 7.41. The second-order valence-corrected chi connectivity index (χ2v) is 4.58. The maximum absolute atomic E-state index is 5.55. The average Bonchev–Trinajstić information content (AvgIpc) is 2.99. The Morgan fingerprint density at radius 1 is 1.14 bits per heavy atom. The van der Waals surface area contributed by atoms with E-state index in [1.807, 2.05) is 24.6 Å². The van der Waals surface area contributed by atoms with Gasteiger partial charge in [-0.15, -0.1) is 0 Å². The van der Waals surface area contributed by atoms with Crippen LogP contribution in [0.5, 0.6) is 6.01 Å². The largest absolute Gasteiger partial charge is 0.463 e. The number of hydrogen-bond donors (Lipinski definition) is 1. The molecule has 0 fully saturated rings. The van der Waals surface area contributed by atoms with E-state index in [0.29, 0.717) is 24.5 Å². The molecule has 0 saturated heterocycles. The highest BCUT2D eigenvalue weighted by molar-refractivity contribution is 5.31. The molecule has 0 atom stereocenters. The van der Waals surface area contributed by atoms with Crippen molar-refractivity contribution in [2.45, 2.75) is 40.0 Å². The molecule has 0 radical (unpaired) electrons. The van der Waals surface area contributed by atoms with Crippen molar-refractivity contribution in [1.82, 2.24) is 24.5 Å². The molecule has 0 amide bonds. The molecule has 2 aromatic heterocycles. The molecule has 0 saturated carbocycles. The van der Waals surface area contributed by atoms with E-state index in [0.717, 1.165) is 31.6 Å². The van der Waals surface area contributed by atoms with Gasteiger partial charge in [0.1, 0.15) is 5.82 Å². The van der Waals surface area contributed by atoms with Gasteiger partial charge in [-0.25, -0.2) is 4.98 Å². The SMILES string of the molecule is CCCNc1nc(OCCC)nc(-n2ccnc2CC)n1. The second-order valence-electron chi connectivity index (χ2n) is 4.58. The molecule has 2 aromatic rings. The van der Waals surface area contributed by atoms with Gasteiger partial charge in [0, 0.05) is 25.4 Å². The van der Waals surface area contributed by atoms with Gasteiger partial charge in [-0.1, -0.05) is 20.8 Å². The number of nitrogens with zero attached hydrogens (tertiary/aromatic N) is 5. The molecule has 2 heterocycles. The van der Waals surface area contributed by atoms with E-state index in [4.69, 9.17) is 4.74 Å². The predicted octanol–water partition coefficient (Wildman–Crippen LogP) is 2.23. The van der Waals surface area contributed by atoms with Crippen molar-refractivity contribution >= 4 is 5.95 Å². The first-order chi connectivity index (χ1) is 10.3. The molecular weight excluding hydrogens is 268 g/mol. The highest BCUT2D eigenvalue weighted by Crippen LogP contribution is 2.13. The van der Waals surface area contributed by atoms with Crippen LogP contribution in [-0.2, 0) is 6.42 Å². The predicted molar refractivity (Wildman–Crippen MR) is 80.9 cm³/mol. The van der Waals surface area contributed by atoms with E-state index in [1.165, 1.54) is 0 Å². The minimum atomic E-state index is 0.344. The Bertz CT molecular complexity index is 542. The summed E-state index contributed by atoms with van der Waals surface area (Å²) >= 11 is 0. The number of aryl methyl sites for hydroxylation is 1. The highest BCUT2D eigenvalue weighted by atomic mass is 16.5. The van der Waals surface area contributed by atoms with Gasteiger partial charge in [0.25, 0.3) is 0 Å². The summed E-state index contributed by atoms with van der Waals surface area (Å²) in [5, 5.41) is 3.18. The zero-order valence-electron chi connectivity index (χ0n) is 12.8. The van der Waals surface area contributed by atoms with Crippen molar-refractivity contribution in [3.8, 4) is 12.0 Å². The monoisotopic (exact) mass is 290 g/mol. The summed E-state index contributed by atoms with van der Waals surface area (Å²) in [6, 6.07) is 0.344. The summed E-state index contributed by atoms with van der Waals surface area (Å²) in [4.78, 5) is 17.4. The molecule has 0 bridgehead atoms. The Kier molecular flexibility index (Phi) is 5.48. The van der Waals surface area contributed by atoms with Crippen molar-refractivity contribution in [1.29, 1.82) is 0 Å². The number of hydrogen-bond acceptors (Lipinski definition) is 6. The van der Waals surface area contributed by atoms with Crippen molar-refractivity contribution < 1.29 is 4.74 Å². The number of aromatic nitrogens is 5. The van der Waals surface area contributed by atoms with Gasteiger partial charge in [-0.3, -0.25) is 4.57 Å². The first-order valence-corrected chi connectivity index (χ1v) is 7.43. The number of ether oxygens (including phenoxy) is 1. The maximum Gasteiger partial charge on any atom is 0.323 e. The summed E-state index contributed by atoms with van der Waals surface area (Å²) in [5.41, 5.74) is 0. The van der Waals surface area contributed by atoms with E-state index < -0.39 is 0 Å². The third-order valence-corrected chi connectivity index (χ3v) is 2.82. The fourth-order valence-electron chi connectivity index (χ4n) is 1.81. The molecule has 0 aromatic carbocycles. The molecule has 114 valence electrons. The van der Waals surface area contributed by atoms with Gasteiger partial charge in [-0.05, 0) is 12.8 Å². The van der Waals surface area contributed by atoms with Gasteiger partial charge >= 0.3 is 6.01 Å². The third-order valence-electron chi connectivity index (χ3n) is 2.82. The Morgan fingerprint density at radius 3 is 2.71 bits per heavy atom. The molecule has 7 heteroatoms. The summed E-state index contributed by atoms with van der Waals surface area (Å²) in [6.07, 6.45) is 6.30. The standard InChI is InChI=1S/C14H22N6O/c1-4-7-16-12-17-13(19-14(18-12)21-10-5-2)20-9-8-15-11(20)6-3/h8-9H,4-7,10H2,1-3H3,(H,16,17,18,19). The van der Waals surface area contributed by atoms with Crippen LogP contribution in [0, 0.1) is 0 Å². The summed E-state index contributed by atoms with van der Waals surface area (Å²) in [5.74, 6) is 1.97. The van der Waals surface area contributed by atoms with Crippen molar-refractivity contribution in [2.24, 2.45) is 0 Å². The minimum Gasteiger partial charge on any atom is -0.463 e. The molecule has 0 aliphatic carbocycles. The first-order valence-electron chi connectivity index (χ1n) is 7.43. The average molecular weight is 290 g/mol. The molecule has 1 N–H and O–H groups in total. The topological polar surface area (TPSA) is 77.8 Å². The lowest BCUT2D eigenvalue weighted by Gasteiger charge is -2.10. The Hall–Kier alpha value is -2.18. The van der Waals surface area contributed by atoms with E-state index in [1.54, 1.807) is 6.20 Å². The summed E-state index contributed by atoms with van der Waals surface area (Å²) in [7, 11) is 0. The van der Waals surface area contributed by atoms with Crippen LogP contribution in [0.15, 0.2) is 12.4 Å². The zero-order chi connectivity index (χ0) is 15.1. The molecule has 0 unspecified atom stereocenters. The van der Waals surface area contributed by atoms with E-state index in [2.05, 4.69) is 32.2 Å². The first kappa shape index (κ1) is 15.2. The van der Waals surface area contributed by atoms with Crippen LogP contribution in [0.2, 0.25) is 0 Å². The van der Waals surface area contributed by atoms with Gasteiger partial charge in [-0.2, -0.15) is 15.0 Å². The Morgan fingerprint density at radius 2 is 2.00 bits per heavy atom. The fourth-order valence-corrected chi connectivity index (χ4v) is 1.81. The van der Waals surface area contributed by atoms with Gasteiger partial charge in [0.2, 0.25) is 11.9 Å². The van der Waals surface area contributed by atoms with E-state index >= 15 is 0 Å². The number of imidazole rings is 1. The zero-order valence-corrected chi connectivity index (χ0v) is 12.8. The maximum atomic E-state index is 5.55. The smallest absolute Gasteiger partial charge is 0.323 e. The number of nitrogens with one attached hydrogen (secondary N) is 1. The molecule has 21 heavy (non-hydrogen) atoms. The molecule has 0 aliphatic rings. The van der Waals surface area contributed by atoms with Gasteiger partial charge in [0.15, 0.2) is 0 Å². The second kappa shape index (κ2) is 7.56. The van der Waals surface area contributed by atoms with E-state index in [-0.39, 0.29) is 0 Å². The van der Waals surface area contributed by atoms with E-state index in [9.17, 15) is 0 Å². The normalized spacial score (nSPS) is 10.6. The van der Waals surface area contributed by atoms with Crippen molar-refractivity contribution in [3.05, 3.63) is 18.2 Å². The van der Waals surface area contributed by atoms with Crippen molar-refractivity contribution in [2.75, 3.05) is 18.5 Å². The molecular formula is C14H22N6O.